The van der Waals surface area contributed by atoms with E-state index in [2.05, 4.69) is 55.4 Å². The predicted molar refractivity (Wildman–Crippen MR) is 97.8 cm³/mol. The van der Waals surface area contributed by atoms with Crippen molar-refractivity contribution in [2.24, 2.45) is 0 Å². The molecule has 0 bridgehead atoms. The maximum Gasteiger partial charge on any atom is 0.335 e. The molecule has 0 amide bonds. The molecule has 0 aromatic rings. The van der Waals surface area contributed by atoms with Crippen LogP contribution in [-0.2, 0) is 17.7 Å². The fourth-order valence-corrected chi connectivity index (χ4v) is 15.0. The van der Waals surface area contributed by atoms with Crippen molar-refractivity contribution < 1.29 is 17.7 Å². The van der Waals surface area contributed by atoms with Crippen molar-refractivity contribution in [3.05, 3.63) is 12.3 Å². The van der Waals surface area contributed by atoms with E-state index in [1.807, 2.05) is 6.08 Å². The van der Waals surface area contributed by atoms with Crippen molar-refractivity contribution in [3.8, 4) is 0 Å². The van der Waals surface area contributed by atoms with Crippen molar-refractivity contribution in [1.29, 1.82) is 0 Å². The van der Waals surface area contributed by atoms with Crippen LogP contribution in [-0.4, -0.2) is 35.9 Å². The van der Waals surface area contributed by atoms with Crippen molar-refractivity contribution in [1.82, 2.24) is 0 Å². The van der Waals surface area contributed by atoms with Gasteiger partial charge in [-0.3, -0.25) is 0 Å². The molecule has 23 heavy (non-hydrogen) atoms. The normalized spacial score (nSPS) is 29.7. The van der Waals surface area contributed by atoms with E-state index in [1.165, 1.54) is 0 Å². The molecule has 1 saturated heterocycles. The molecule has 2 aliphatic heterocycles. The van der Waals surface area contributed by atoms with Gasteiger partial charge >= 0.3 is 17.1 Å². The van der Waals surface area contributed by atoms with Crippen LogP contribution in [0.5, 0.6) is 0 Å². The van der Waals surface area contributed by atoms with E-state index in [4.69, 9.17) is 17.7 Å². The molecule has 0 spiro atoms. The highest BCUT2D eigenvalue weighted by Crippen LogP contribution is 2.46. The Labute approximate surface area is 144 Å². The molecule has 134 valence electrons. The Hall–Kier alpha value is -0.146. The summed E-state index contributed by atoms with van der Waals surface area (Å²) in [6, 6.07) is 0. The number of rotatable bonds is 4. The molecule has 0 unspecified atom stereocenters. The zero-order valence-electron chi connectivity index (χ0n) is 16.0. The van der Waals surface area contributed by atoms with E-state index in [9.17, 15) is 0 Å². The summed E-state index contributed by atoms with van der Waals surface area (Å²) in [5.41, 5.74) is 1.48. The van der Waals surface area contributed by atoms with Crippen LogP contribution in [0.3, 0.4) is 0 Å². The fraction of sp³-hybridized carbons (Fsp3) is 0.882. The molecule has 4 nitrogen and oxygen atoms in total. The molecule has 6 heteroatoms. The quantitative estimate of drug-likeness (QED) is 0.673. The molecule has 0 N–H and O–H groups in total. The van der Waals surface area contributed by atoms with E-state index in [-0.39, 0.29) is 12.2 Å². The maximum atomic E-state index is 7.06. The maximum absolute atomic E-state index is 7.06. The van der Waals surface area contributed by atoms with Crippen LogP contribution in [0.4, 0.5) is 0 Å². The minimum atomic E-state index is -2.46. The van der Waals surface area contributed by atoms with E-state index < -0.39 is 17.1 Å². The molecule has 2 aliphatic rings. The Bertz CT molecular complexity index is 418. The van der Waals surface area contributed by atoms with Gasteiger partial charge in [-0.1, -0.05) is 55.4 Å². The lowest BCUT2D eigenvalue weighted by atomic mass is 10.2. The second kappa shape index (κ2) is 7.00. The first-order valence-corrected chi connectivity index (χ1v) is 12.9. The summed E-state index contributed by atoms with van der Waals surface area (Å²) in [7, 11) is -4.87. The van der Waals surface area contributed by atoms with Gasteiger partial charge in [0.2, 0.25) is 0 Å². The number of hydrogen-bond acceptors (Lipinski definition) is 4. The Morgan fingerprint density at radius 1 is 0.826 bits per heavy atom. The van der Waals surface area contributed by atoms with Gasteiger partial charge < -0.3 is 17.7 Å². The molecule has 2 heterocycles. The molecule has 0 aromatic heterocycles. The first-order valence-electron chi connectivity index (χ1n) is 8.99. The Kier molecular flexibility index (Phi) is 5.84. The van der Waals surface area contributed by atoms with Gasteiger partial charge in [0, 0.05) is 0 Å². The van der Waals surface area contributed by atoms with Crippen molar-refractivity contribution >= 4 is 17.1 Å². The molecule has 0 aromatic carbocycles. The molecule has 0 saturated carbocycles. The standard InChI is InChI=1S/C17H34O4Si2/c1-12(2)22(13(3)4)19-11-17-16(9-10-18-17)20-23(21-22,14(5)6)15(7)8/h9-10,12-17H,11H2,1-8H3/t16-,17+/m0/s1. The van der Waals surface area contributed by atoms with E-state index in [1.54, 1.807) is 6.26 Å². The van der Waals surface area contributed by atoms with Gasteiger partial charge in [0.05, 0.1) is 12.9 Å². The van der Waals surface area contributed by atoms with Crippen LogP contribution in [0, 0.1) is 0 Å². The van der Waals surface area contributed by atoms with Crippen LogP contribution in [0.1, 0.15) is 55.4 Å². The third kappa shape index (κ3) is 3.33. The summed E-state index contributed by atoms with van der Waals surface area (Å²) in [5, 5.41) is 0. The second-order valence-corrected chi connectivity index (χ2v) is 16.9. The minimum absolute atomic E-state index is 0.0346. The summed E-state index contributed by atoms with van der Waals surface area (Å²) < 4.78 is 26.1. The van der Waals surface area contributed by atoms with Gasteiger partial charge in [-0.05, 0) is 28.2 Å². The van der Waals surface area contributed by atoms with Crippen molar-refractivity contribution in [3.63, 3.8) is 0 Å². The molecular formula is C17H34O4Si2. The SMILES string of the molecule is CC(C)[Si]1(C(C)C)OC[C@H]2OC=C[C@@H]2O[Si](C(C)C)(C(C)C)O1. The lowest BCUT2D eigenvalue weighted by Crippen LogP contribution is -2.65. The number of ether oxygens (including phenoxy) is 1. The van der Waals surface area contributed by atoms with Gasteiger partial charge in [-0.25, -0.2) is 0 Å². The summed E-state index contributed by atoms with van der Waals surface area (Å²) >= 11 is 0. The molecule has 2 rings (SSSR count). The topological polar surface area (TPSA) is 36.9 Å². The Balaban J connectivity index is 2.49. The average Bonchev–Trinajstić information content (AvgIpc) is 2.84. The lowest BCUT2D eigenvalue weighted by Gasteiger charge is -2.51. The molecular weight excluding hydrogens is 324 g/mol. The third-order valence-corrected chi connectivity index (χ3v) is 15.5. The summed E-state index contributed by atoms with van der Waals surface area (Å²) in [6.07, 6.45) is 3.70. The van der Waals surface area contributed by atoms with Crippen LogP contribution >= 0.6 is 0 Å². The van der Waals surface area contributed by atoms with Crippen LogP contribution < -0.4 is 0 Å². The van der Waals surface area contributed by atoms with Gasteiger partial charge in [0.1, 0.15) is 12.2 Å². The van der Waals surface area contributed by atoms with Gasteiger partial charge in [-0.15, -0.1) is 0 Å². The monoisotopic (exact) mass is 358 g/mol. The average molecular weight is 359 g/mol. The molecule has 1 fully saturated rings. The molecule has 0 radical (unpaired) electrons. The van der Waals surface area contributed by atoms with E-state index in [0.29, 0.717) is 28.8 Å². The summed E-state index contributed by atoms with van der Waals surface area (Å²) in [6.45, 7) is 18.4. The third-order valence-electron chi connectivity index (χ3n) is 5.22. The summed E-state index contributed by atoms with van der Waals surface area (Å²) in [5.74, 6) is 0. The van der Waals surface area contributed by atoms with E-state index in [0.717, 1.165) is 0 Å². The zero-order chi connectivity index (χ0) is 17.4. The lowest BCUT2D eigenvalue weighted by molar-refractivity contribution is -0.00666. The van der Waals surface area contributed by atoms with Gasteiger partial charge in [0.25, 0.3) is 0 Å². The Morgan fingerprint density at radius 3 is 1.83 bits per heavy atom. The fourth-order valence-electron chi connectivity index (χ4n) is 3.81. The van der Waals surface area contributed by atoms with Crippen LogP contribution in [0.15, 0.2) is 12.3 Å². The minimum Gasteiger partial charge on any atom is -0.493 e. The summed E-state index contributed by atoms with van der Waals surface area (Å²) in [4.78, 5) is 0. The van der Waals surface area contributed by atoms with Crippen molar-refractivity contribution in [2.75, 3.05) is 6.61 Å². The number of fused-ring (bicyclic) bond motifs is 1. The first kappa shape index (κ1) is 19.2. The highest BCUT2D eigenvalue weighted by atomic mass is 28.5. The van der Waals surface area contributed by atoms with Gasteiger partial charge in [0.15, 0.2) is 0 Å². The highest BCUT2D eigenvalue weighted by molar-refractivity contribution is 6.83. The smallest absolute Gasteiger partial charge is 0.335 e. The Morgan fingerprint density at radius 2 is 1.35 bits per heavy atom. The van der Waals surface area contributed by atoms with E-state index >= 15 is 0 Å². The van der Waals surface area contributed by atoms with Crippen LogP contribution in [0.2, 0.25) is 22.2 Å². The van der Waals surface area contributed by atoms with Crippen LogP contribution in [0.25, 0.3) is 0 Å². The molecule has 0 aliphatic carbocycles. The number of hydrogen-bond donors (Lipinski definition) is 0. The van der Waals surface area contributed by atoms with Crippen molar-refractivity contribution in [2.45, 2.75) is 89.8 Å². The highest BCUT2D eigenvalue weighted by Gasteiger charge is 2.59. The van der Waals surface area contributed by atoms with Gasteiger partial charge in [-0.2, -0.15) is 0 Å². The largest absolute Gasteiger partial charge is 0.493 e. The predicted octanol–water partition coefficient (Wildman–Crippen LogP) is 4.86. The first-order chi connectivity index (χ1) is 10.7. The second-order valence-electron chi connectivity index (χ2n) is 8.06. The zero-order valence-corrected chi connectivity index (χ0v) is 18.0. The molecule has 2 atom stereocenters.